The summed E-state index contributed by atoms with van der Waals surface area (Å²) in [5.74, 6) is 0.155. The molecular formula is C9H19NO6P2. The summed E-state index contributed by atoms with van der Waals surface area (Å²) in [6.45, 7) is 0.250. The first-order chi connectivity index (χ1) is 8.18. The van der Waals surface area contributed by atoms with Crippen molar-refractivity contribution < 1.29 is 28.7 Å². The molecule has 0 radical (unpaired) electrons. The van der Waals surface area contributed by atoms with E-state index < -0.39 is 27.5 Å². The van der Waals surface area contributed by atoms with Gasteiger partial charge in [0.1, 0.15) is 0 Å². The molecular weight excluding hydrogens is 280 g/mol. The van der Waals surface area contributed by atoms with Gasteiger partial charge in [-0.2, -0.15) is 0 Å². The number of rotatable bonds is 3. The SMILES string of the molecule is O=P(O)(O)CC1C2CCCCC2CN1P(=O)(O)O. The summed E-state index contributed by atoms with van der Waals surface area (Å²) in [4.78, 5) is 36.8. The zero-order chi connectivity index (χ0) is 13.6. The van der Waals surface area contributed by atoms with Crippen LogP contribution in [0.4, 0.5) is 0 Å². The van der Waals surface area contributed by atoms with Crippen LogP contribution in [0.3, 0.4) is 0 Å². The van der Waals surface area contributed by atoms with Crippen LogP contribution in [0.5, 0.6) is 0 Å². The highest BCUT2D eigenvalue weighted by atomic mass is 31.2. The molecule has 3 unspecified atom stereocenters. The molecule has 0 aromatic rings. The second-order valence-electron chi connectivity index (χ2n) is 5.26. The Bertz CT molecular complexity index is 404. The molecule has 2 fully saturated rings. The molecule has 2 rings (SSSR count). The normalized spacial score (nSPS) is 34.6. The van der Waals surface area contributed by atoms with Crippen LogP contribution in [0.1, 0.15) is 25.7 Å². The van der Waals surface area contributed by atoms with Gasteiger partial charge in [-0.05, 0) is 24.7 Å². The molecule has 0 amide bonds. The van der Waals surface area contributed by atoms with Crippen LogP contribution in [-0.2, 0) is 9.13 Å². The third-order valence-electron chi connectivity index (χ3n) is 4.03. The van der Waals surface area contributed by atoms with E-state index in [1.165, 1.54) is 0 Å². The number of nitrogens with zero attached hydrogens (tertiary/aromatic N) is 1. The Morgan fingerprint density at radius 2 is 1.67 bits per heavy atom. The maximum atomic E-state index is 11.4. The molecule has 1 saturated heterocycles. The van der Waals surface area contributed by atoms with Gasteiger partial charge in [-0.1, -0.05) is 12.8 Å². The molecule has 9 heteroatoms. The van der Waals surface area contributed by atoms with Crippen LogP contribution in [0.25, 0.3) is 0 Å². The van der Waals surface area contributed by atoms with E-state index in [4.69, 9.17) is 9.79 Å². The molecule has 106 valence electrons. The molecule has 3 atom stereocenters. The predicted octanol–water partition coefficient (Wildman–Crippen LogP) is 0.747. The molecule has 0 aromatic carbocycles. The summed E-state index contributed by atoms with van der Waals surface area (Å²) < 4.78 is 23.6. The van der Waals surface area contributed by atoms with Gasteiger partial charge in [0.25, 0.3) is 0 Å². The molecule has 1 aliphatic carbocycles. The van der Waals surface area contributed by atoms with E-state index in [1.54, 1.807) is 0 Å². The largest absolute Gasteiger partial charge is 0.403 e. The lowest BCUT2D eigenvalue weighted by atomic mass is 9.79. The van der Waals surface area contributed by atoms with Crippen molar-refractivity contribution in [3.63, 3.8) is 0 Å². The van der Waals surface area contributed by atoms with Crippen LogP contribution in [-0.4, -0.2) is 43.0 Å². The molecule has 4 N–H and O–H groups in total. The van der Waals surface area contributed by atoms with E-state index in [-0.39, 0.29) is 18.4 Å². The maximum Gasteiger partial charge on any atom is 0.403 e. The Morgan fingerprint density at radius 3 is 2.22 bits per heavy atom. The van der Waals surface area contributed by atoms with Crippen LogP contribution >= 0.6 is 15.3 Å². The molecule has 0 spiro atoms. The second-order valence-corrected chi connectivity index (χ2v) is 8.49. The minimum atomic E-state index is -4.44. The van der Waals surface area contributed by atoms with Crippen molar-refractivity contribution in [2.75, 3.05) is 12.7 Å². The minimum Gasteiger partial charge on any atom is -0.324 e. The fraction of sp³-hybridized carbons (Fsp3) is 1.00. The van der Waals surface area contributed by atoms with Crippen LogP contribution in [0.15, 0.2) is 0 Å². The highest BCUT2D eigenvalue weighted by molar-refractivity contribution is 7.52. The zero-order valence-electron chi connectivity index (χ0n) is 9.92. The van der Waals surface area contributed by atoms with Gasteiger partial charge in [-0.15, -0.1) is 0 Å². The first-order valence-electron chi connectivity index (χ1n) is 6.06. The van der Waals surface area contributed by atoms with Gasteiger partial charge in [0.2, 0.25) is 0 Å². The van der Waals surface area contributed by atoms with E-state index in [0.717, 1.165) is 30.4 Å². The summed E-state index contributed by atoms with van der Waals surface area (Å²) in [5.41, 5.74) is 0. The lowest BCUT2D eigenvalue weighted by Crippen LogP contribution is -2.34. The van der Waals surface area contributed by atoms with Gasteiger partial charge < -0.3 is 19.6 Å². The standard InChI is InChI=1S/C9H19NO6P2/c11-17(12,13)6-9-8-4-2-1-3-7(8)5-10(9)18(14,15)16/h7-9H,1-6H2,(H2,11,12,13)(H2,14,15,16). The first kappa shape index (κ1) is 14.7. The summed E-state index contributed by atoms with van der Waals surface area (Å²) >= 11 is 0. The third kappa shape index (κ3) is 3.23. The Labute approximate surface area is 106 Å². The highest BCUT2D eigenvalue weighted by Gasteiger charge is 2.50. The van der Waals surface area contributed by atoms with E-state index in [0.29, 0.717) is 0 Å². The Kier molecular flexibility index (Phi) is 4.06. The summed E-state index contributed by atoms with van der Waals surface area (Å²) in [7, 11) is -8.71. The van der Waals surface area contributed by atoms with Crippen LogP contribution in [0, 0.1) is 11.8 Å². The smallest absolute Gasteiger partial charge is 0.324 e. The number of fused-ring (bicyclic) bond motifs is 1. The summed E-state index contributed by atoms with van der Waals surface area (Å²) in [6, 6.07) is -0.697. The molecule has 0 aromatic heterocycles. The Hall–Kier alpha value is 0.260. The first-order valence-corrected chi connectivity index (χ1v) is 9.42. The van der Waals surface area contributed by atoms with Gasteiger partial charge in [0.05, 0.1) is 6.16 Å². The average molecular weight is 299 g/mol. The van der Waals surface area contributed by atoms with Crippen molar-refractivity contribution in [2.45, 2.75) is 31.7 Å². The van der Waals surface area contributed by atoms with E-state index in [1.807, 2.05) is 0 Å². The quantitative estimate of drug-likeness (QED) is 0.568. The van der Waals surface area contributed by atoms with Crippen LogP contribution in [0.2, 0.25) is 0 Å². The van der Waals surface area contributed by atoms with Crippen molar-refractivity contribution in [2.24, 2.45) is 11.8 Å². The van der Waals surface area contributed by atoms with E-state index >= 15 is 0 Å². The molecule has 0 bridgehead atoms. The fourth-order valence-corrected chi connectivity index (χ4v) is 5.49. The van der Waals surface area contributed by atoms with Crippen molar-refractivity contribution in [3.8, 4) is 0 Å². The molecule has 18 heavy (non-hydrogen) atoms. The van der Waals surface area contributed by atoms with Crippen molar-refractivity contribution in [1.29, 1.82) is 0 Å². The number of hydrogen-bond donors (Lipinski definition) is 4. The molecule has 2 aliphatic rings. The van der Waals surface area contributed by atoms with E-state index in [2.05, 4.69) is 0 Å². The molecule has 7 nitrogen and oxygen atoms in total. The maximum absolute atomic E-state index is 11.4. The van der Waals surface area contributed by atoms with Gasteiger partial charge in [-0.3, -0.25) is 4.57 Å². The molecule has 1 heterocycles. The topological polar surface area (TPSA) is 118 Å². The Balaban J connectivity index is 2.23. The van der Waals surface area contributed by atoms with Crippen molar-refractivity contribution in [1.82, 2.24) is 4.67 Å². The molecule has 1 saturated carbocycles. The Morgan fingerprint density at radius 1 is 1.06 bits per heavy atom. The summed E-state index contributed by atoms with van der Waals surface area (Å²) in [6.07, 6.45) is 3.22. The fourth-order valence-electron chi connectivity index (χ4n) is 3.34. The highest BCUT2D eigenvalue weighted by Crippen LogP contribution is 2.55. The zero-order valence-corrected chi connectivity index (χ0v) is 11.7. The van der Waals surface area contributed by atoms with Gasteiger partial charge in [-0.25, -0.2) is 9.24 Å². The van der Waals surface area contributed by atoms with Gasteiger partial charge in [0, 0.05) is 12.6 Å². The lowest BCUT2D eigenvalue weighted by molar-refractivity contribution is 0.234. The third-order valence-corrected chi connectivity index (χ3v) is 6.01. The van der Waals surface area contributed by atoms with Crippen molar-refractivity contribution >= 4 is 15.3 Å². The average Bonchev–Trinajstić information content (AvgIpc) is 2.55. The second kappa shape index (κ2) is 4.98. The molecule has 1 aliphatic heterocycles. The van der Waals surface area contributed by atoms with E-state index in [9.17, 15) is 18.9 Å². The predicted molar refractivity (Wildman–Crippen MR) is 64.9 cm³/mol. The van der Waals surface area contributed by atoms with Gasteiger partial charge in [0.15, 0.2) is 0 Å². The number of hydrogen-bond acceptors (Lipinski definition) is 2. The lowest BCUT2D eigenvalue weighted by Gasteiger charge is -2.30. The van der Waals surface area contributed by atoms with Gasteiger partial charge >= 0.3 is 15.3 Å². The van der Waals surface area contributed by atoms with Crippen LogP contribution < -0.4 is 0 Å². The summed E-state index contributed by atoms with van der Waals surface area (Å²) in [5, 5.41) is 0. The monoisotopic (exact) mass is 299 g/mol. The minimum absolute atomic E-state index is 0.000926. The van der Waals surface area contributed by atoms with Crippen molar-refractivity contribution in [3.05, 3.63) is 0 Å².